The third-order valence-corrected chi connectivity index (χ3v) is 4.87. The first-order chi connectivity index (χ1) is 8.65. The predicted molar refractivity (Wildman–Crippen MR) is 75.9 cm³/mol. The maximum atomic E-state index is 6.14. The average molecular weight is 254 g/mol. The summed E-state index contributed by atoms with van der Waals surface area (Å²) in [5.74, 6) is 0.807. The maximum Gasteiger partial charge on any atom is 0.0685 e. The van der Waals surface area contributed by atoms with E-state index >= 15 is 0 Å². The lowest BCUT2D eigenvalue weighted by molar-refractivity contribution is -0.0980. The van der Waals surface area contributed by atoms with Gasteiger partial charge in [-0.05, 0) is 65.7 Å². The molecule has 2 aliphatic rings. The van der Waals surface area contributed by atoms with E-state index in [1.54, 1.807) is 0 Å². The highest BCUT2D eigenvalue weighted by molar-refractivity contribution is 4.94. The SMILES string of the molecule is CNC(CCN(C)C)C1CCOC2(CCCC2)C1. The van der Waals surface area contributed by atoms with E-state index in [9.17, 15) is 0 Å². The molecule has 1 saturated heterocycles. The third-order valence-electron chi connectivity index (χ3n) is 4.87. The fourth-order valence-corrected chi connectivity index (χ4v) is 3.79. The molecule has 0 aromatic heterocycles. The van der Waals surface area contributed by atoms with Crippen LogP contribution in [0.25, 0.3) is 0 Å². The third kappa shape index (κ3) is 3.46. The van der Waals surface area contributed by atoms with Crippen molar-refractivity contribution in [1.82, 2.24) is 10.2 Å². The zero-order valence-electron chi connectivity index (χ0n) is 12.4. The number of rotatable bonds is 5. The first-order valence-electron chi connectivity index (χ1n) is 7.61. The number of nitrogens with zero attached hydrogens (tertiary/aromatic N) is 1. The largest absolute Gasteiger partial charge is 0.375 e. The molecule has 0 aromatic rings. The van der Waals surface area contributed by atoms with Crippen LogP contribution in [-0.2, 0) is 4.74 Å². The molecule has 1 N–H and O–H groups in total. The topological polar surface area (TPSA) is 24.5 Å². The summed E-state index contributed by atoms with van der Waals surface area (Å²) in [5.41, 5.74) is 0.260. The lowest BCUT2D eigenvalue weighted by Crippen LogP contribution is -2.45. The van der Waals surface area contributed by atoms with Crippen LogP contribution in [0.1, 0.15) is 44.9 Å². The van der Waals surface area contributed by atoms with Gasteiger partial charge in [-0.2, -0.15) is 0 Å². The highest BCUT2D eigenvalue weighted by Gasteiger charge is 2.41. The zero-order chi connectivity index (χ0) is 13.0. The van der Waals surface area contributed by atoms with Gasteiger partial charge in [0.1, 0.15) is 0 Å². The van der Waals surface area contributed by atoms with Gasteiger partial charge in [-0.25, -0.2) is 0 Å². The summed E-state index contributed by atoms with van der Waals surface area (Å²) in [4.78, 5) is 2.29. The molecule has 1 spiro atoms. The Bertz CT molecular complexity index is 249. The molecule has 1 heterocycles. The Morgan fingerprint density at radius 3 is 2.67 bits per heavy atom. The summed E-state index contributed by atoms with van der Waals surface area (Å²) in [6.07, 6.45) is 9.11. The van der Waals surface area contributed by atoms with Gasteiger partial charge in [-0.1, -0.05) is 12.8 Å². The quantitative estimate of drug-likeness (QED) is 0.814. The summed E-state index contributed by atoms with van der Waals surface area (Å²) in [5, 5.41) is 3.55. The van der Waals surface area contributed by atoms with Crippen LogP contribution in [0, 0.1) is 5.92 Å². The second-order valence-electron chi connectivity index (χ2n) is 6.48. The molecule has 0 aromatic carbocycles. The molecule has 3 heteroatoms. The molecule has 3 nitrogen and oxygen atoms in total. The number of ether oxygens (including phenoxy) is 1. The average Bonchev–Trinajstić information content (AvgIpc) is 2.78. The maximum absolute atomic E-state index is 6.14. The molecule has 2 rings (SSSR count). The summed E-state index contributed by atoms with van der Waals surface area (Å²) >= 11 is 0. The van der Waals surface area contributed by atoms with Crippen molar-refractivity contribution in [2.75, 3.05) is 34.3 Å². The molecular weight excluding hydrogens is 224 g/mol. The normalized spacial score (nSPS) is 29.0. The van der Waals surface area contributed by atoms with Gasteiger partial charge in [0.05, 0.1) is 5.60 Å². The van der Waals surface area contributed by atoms with Crippen molar-refractivity contribution in [3.8, 4) is 0 Å². The van der Waals surface area contributed by atoms with E-state index in [4.69, 9.17) is 4.74 Å². The first kappa shape index (κ1) is 14.3. The van der Waals surface area contributed by atoms with Crippen LogP contribution in [0.4, 0.5) is 0 Å². The van der Waals surface area contributed by atoms with Crippen LogP contribution < -0.4 is 5.32 Å². The molecule has 1 aliphatic carbocycles. The van der Waals surface area contributed by atoms with Crippen LogP contribution in [0.15, 0.2) is 0 Å². The molecule has 0 radical (unpaired) electrons. The molecule has 2 atom stereocenters. The Morgan fingerprint density at radius 2 is 2.06 bits per heavy atom. The Morgan fingerprint density at radius 1 is 1.33 bits per heavy atom. The van der Waals surface area contributed by atoms with Crippen LogP contribution in [0.3, 0.4) is 0 Å². The molecule has 18 heavy (non-hydrogen) atoms. The van der Waals surface area contributed by atoms with Crippen molar-refractivity contribution in [1.29, 1.82) is 0 Å². The molecule has 0 amide bonds. The molecule has 2 fully saturated rings. The van der Waals surface area contributed by atoms with E-state index in [1.807, 2.05) is 0 Å². The van der Waals surface area contributed by atoms with Crippen molar-refractivity contribution >= 4 is 0 Å². The van der Waals surface area contributed by atoms with Crippen molar-refractivity contribution < 1.29 is 4.74 Å². The van der Waals surface area contributed by atoms with Crippen molar-refractivity contribution in [3.05, 3.63) is 0 Å². The van der Waals surface area contributed by atoms with Crippen LogP contribution in [0.5, 0.6) is 0 Å². The minimum Gasteiger partial charge on any atom is -0.375 e. The molecule has 1 saturated carbocycles. The van der Waals surface area contributed by atoms with Gasteiger partial charge in [0, 0.05) is 12.6 Å². The molecule has 2 unspecified atom stereocenters. The number of hydrogen-bond donors (Lipinski definition) is 1. The first-order valence-corrected chi connectivity index (χ1v) is 7.61. The Hall–Kier alpha value is -0.120. The minimum atomic E-state index is 0.260. The van der Waals surface area contributed by atoms with Gasteiger partial charge in [-0.3, -0.25) is 0 Å². The smallest absolute Gasteiger partial charge is 0.0685 e. The van der Waals surface area contributed by atoms with Crippen molar-refractivity contribution in [2.45, 2.75) is 56.6 Å². The summed E-state index contributed by atoms with van der Waals surface area (Å²) in [6.45, 7) is 2.15. The fourth-order valence-electron chi connectivity index (χ4n) is 3.79. The lowest BCUT2D eigenvalue weighted by atomic mass is 9.79. The second-order valence-corrected chi connectivity index (χ2v) is 6.48. The van der Waals surface area contributed by atoms with Gasteiger partial charge < -0.3 is 15.0 Å². The second kappa shape index (κ2) is 6.36. The van der Waals surface area contributed by atoms with Gasteiger partial charge in [0.15, 0.2) is 0 Å². The van der Waals surface area contributed by atoms with Gasteiger partial charge in [-0.15, -0.1) is 0 Å². The molecular formula is C15H30N2O. The fraction of sp³-hybridized carbons (Fsp3) is 1.00. The predicted octanol–water partition coefficient (Wildman–Crippen LogP) is 2.27. The zero-order valence-corrected chi connectivity index (χ0v) is 12.4. The van der Waals surface area contributed by atoms with Gasteiger partial charge in [0.2, 0.25) is 0 Å². The van der Waals surface area contributed by atoms with E-state index < -0.39 is 0 Å². The number of hydrogen-bond acceptors (Lipinski definition) is 3. The van der Waals surface area contributed by atoms with Crippen molar-refractivity contribution in [3.63, 3.8) is 0 Å². The minimum absolute atomic E-state index is 0.260. The molecule has 1 aliphatic heterocycles. The standard InChI is InChI=1S/C15H30N2O/c1-16-14(6-10-17(2)3)13-7-11-18-15(12-13)8-4-5-9-15/h13-14,16H,4-12H2,1-3H3. The van der Waals surface area contributed by atoms with Crippen LogP contribution in [-0.4, -0.2) is 50.8 Å². The summed E-state index contributed by atoms with van der Waals surface area (Å²) in [7, 11) is 6.45. The van der Waals surface area contributed by atoms with E-state index in [-0.39, 0.29) is 5.60 Å². The Kier molecular flexibility index (Phi) is 5.05. The molecule has 106 valence electrons. The van der Waals surface area contributed by atoms with Gasteiger partial charge in [0.25, 0.3) is 0 Å². The van der Waals surface area contributed by atoms with Crippen LogP contribution >= 0.6 is 0 Å². The summed E-state index contributed by atoms with van der Waals surface area (Å²) < 4.78 is 6.14. The van der Waals surface area contributed by atoms with E-state index in [1.165, 1.54) is 51.5 Å². The summed E-state index contributed by atoms with van der Waals surface area (Å²) in [6, 6.07) is 0.661. The molecule has 0 bridgehead atoms. The van der Waals surface area contributed by atoms with E-state index in [0.29, 0.717) is 6.04 Å². The van der Waals surface area contributed by atoms with Gasteiger partial charge >= 0.3 is 0 Å². The van der Waals surface area contributed by atoms with E-state index in [2.05, 4.69) is 31.4 Å². The highest BCUT2D eigenvalue weighted by Crippen LogP contribution is 2.43. The van der Waals surface area contributed by atoms with Crippen LogP contribution in [0.2, 0.25) is 0 Å². The number of nitrogens with one attached hydrogen (secondary N) is 1. The highest BCUT2D eigenvalue weighted by atomic mass is 16.5. The lowest BCUT2D eigenvalue weighted by Gasteiger charge is -2.41. The Balaban J connectivity index is 1.89. The van der Waals surface area contributed by atoms with Crippen molar-refractivity contribution in [2.24, 2.45) is 5.92 Å². The van der Waals surface area contributed by atoms with E-state index in [0.717, 1.165) is 12.5 Å². The monoisotopic (exact) mass is 254 g/mol. The Labute approximate surface area is 112 Å².